The van der Waals surface area contributed by atoms with Gasteiger partial charge in [0.25, 0.3) is 5.56 Å². The minimum atomic E-state index is -0.809. The van der Waals surface area contributed by atoms with Crippen molar-refractivity contribution in [2.45, 2.75) is 59.4 Å². The number of aryl methyl sites for hydroxylation is 2. The van der Waals surface area contributed by atoms with Gasteiger partial charge in [-0.2, -0.15) is 5.26 Å². The summed E-state index contributed by atoms with van der Waals surface area (Å²) in [5.74, 6) is 0.0498. The third kappa shape index (κ3) is 4.96. The first-order chi connectivity index (χ1) is 22.8. The fourth-order valence-corrected chi connectivity index (χ4v) is 9.50. The predicted molar refractivity (Wildman–Crippen MR) is 185 cm³/mol. The highest BCUT2D eigenvalue weighted by molar-refractivity contribution is 7.15. The van der Waals surface area contributed by atoms with Crippen molar-refractivity contribution in [3.05, 3.63) is 112 Å². The molecule has 0 fully saturated rings. The van der Waals surface area contributed by atoms with Gasteiger partial charge in [-0.25, -0.2) is 9.79 Å². The van der Waals surface area contributed by atoms with Crippen LogP contribution in [0.2, 0.25) is 0 Å². The first-order valence-corrected chi connectivity index (χ1v) is 17.4. The van der Waals surface area contributed by atoms with Crippen LogP contribution in [0.5, 0.6) is 5.75 Å². The Hall–Kier alpha value is -4.72. The van der Waals surface area contributed by atoms with Crippen molar-refractivity contribution in [2.24, 2.45) is 4.99 Å². The van der Waals surface area contributed by atoms with Gasteiger partial charge >= 0.3 is 5.97 Å². The molecule has 1 atom stereocenters. The summed E-state index contributed by atoms with van der Waals surface area (Å²) in [4.78, 5) is 34.6. The summed E-state index contributed by atoms with van der Waals surface area (Å²) in [6, 6.07) is 15.5. The lowest BCUT2D eigenvalue weighted by Gasteiger charge is -2.27. The van der Waals surface area contributed by atoms with E-state index in [2.05, 4.69) is 16.7 Å². The van der Waals surface area contributed by atoms with E-state index in [1.54, 1.807) is 36.9 Å². The smallest absolute Gasteiger partial charge is 0.338 e. The average molecular weight is 663 g/mol. The maximum absolute atomic E-state index is 14.5. The molecule has 2 aliphatic rings. The Labute approximate surface area is 280 Å². The quantitative estimate of drug-likeness (QED) is 0.202. The number of fused-ring (bicyclic) bond motifs is 3. The number of esters is 1. The van der Waals surface area contributed by atoms with Crippen molar-refractivity contribution in [1.82, 2.24) is 9.13 Å². The van der Waals surface area contributed by atoms with Crippen LogP contribution in [0, 0.1) is 25.2 Å². The number of hydrogen-bond acceptors (Lipinski definition) is 8. The fraction of sp³-hybridized carbons (Fsp3) is 0.297. The summed E-state index contributed by atoms with van der Waals surface area (Å²) < 4.78 is 15.6. The van der Waals surface area contributed by atoms with Crippen LogP contribution in [0.1, 0.15) is 71.2 Å². The molecular weight excluding hydrogens is 629 g/mol. The number of allylic oxidation sites excluding steroid dienone is 1. The Morgan fingerprint density at radius 2 is 1.91 bits per heavy atom. The number of carbonyl (C=O) groups is 1. The molecule has 0 saturated heterocycles. The third-order valence-corrected chi connectivity index (χ3v) is 11.4. The van der Waals surface area contributed by atoms with Gasteiger partial charge in [-0.1, -0.05) is 41.7 Å². The van der Waals surface area contributed by atoms with Crippen LogP contribution < -0.4 is 19.6 Å². The average Bonchev–Trinajstić information content (AvgIpc) is 3.68. The zero-order chi connectivity index (χ0) is 33.0. The zero-order valence-electron chi connectivity index (χ0n) is 27.0. The van der Waals surface area contributed by atoms with Crippen molar-refractivity contribution < 1.29 is 14.3 Å². The molecule has 10 heteroatoms. The van der Waals surface area contributed by atoms with Gasteiger partial charge in [0.15, 0.2) is 4.80 Å². The summed E-state index contributed by atoms with van der Waals surface area (Å²) >= 11 is 3.01. The number of thiazole rings is 1. The Morgan fingerprint density at radius 1 is 1.13 bits per heavy atom. The number of nitrogens with zero attached hydrogens (tertiary/aromatic N) is 4. The highest BCUT2D eigenvalue weighted by Crippen LogP contribution is 2.41. The van der Waals surface area contributed by atoms with Crippen molar-refractivity contribution in [3.63, 3.8) is 0 Å². The molecule has 0 amide bonds. The van der Waals surface area contributed by atoms with Gasteiger partial charge in [0.1, 0.15) is 22.9 Å². The second kappa shape index (κ2) is 12.1. The maximum atomic E-state index is 14.5. The maximum Gasteiger partial charge on any atom is 0.338 e. The summed E-state index contributed by atoms with van der Waals surface area (Å²) in [7, 11) is 1.59. The Kier molecular flexibility index (Phi) is 7.98. The van der Waals surface area contributed by atoms with E-state index in [9.17, 15) is 14.9 Å². The SMILES string of the molecule is CCOC(=O)C1=C(C)N=c2s/c(=C/c3cc(C)n(-c4sc5c(c4C#N)CCCC5)c3C)c(=O)n2[C@H]1c1c(OC)ccc2ccccc12. The fourth-order valence-electron chi connectivity index (χ4n) is 7.01. The van der Waals surface area contributed by atoms with Gasteiger partial charge in [-0.05, 0) is 93.5 Å². The number of thiophene rings is 1. The Balaban J connectivity index is 1.44. The molecule has 3 aromatic heterocycles. The molecule has 238 valence electrons. The summed E-state index contributed by atoms with van der Waals surface area (Å²) in [6.45, 7) is 7.80. The predicted octanol–water partition coefficient (Wildman–Crippen LogP) is 6.18. The molecule has 8 nitrogen and oxygen atoms in total. The molecular formula is C37H34N4O4S2. The van der Waals surface area contributed by atoms with Gasteiger partial charge in [0, 0.05) is 21.8 Å². The molecule has 0 saturated carbocycles. The van der Waals surface area contributed by atoms with E-state index in [0.717, 1.165) is 64.0 Å². The zero-order valence-corrected chi connectivity index (χ0v) is 28.6. The number of nitriles is 1. The number of aromatic nitrogens is 2. The van der Waals surface area contributed by atoms with Crippen molar-refractivity contribution in [2.75, 3.05) is 13.7 Å². The first kappa shape index (κ1) is 30.9. The van der Waals surface area contributed by atoms with Crippen LogP contribution in [0.25, 0.3) is 21.8 Å². The molecule has 47 heavy (non-hydrogen) atoms. The second-order valence-electron chi connectivity index (χ2n) is 11.9. The highest BCUT2D eigenvalue weighted by atomic mass is 32.1. The summed E-state index contributed by atoms with van der Waals surface area (Å²) in [5.41, 5.74) is 6.07. The van der Waals surface area contributed by atoms with E-state index in [0.29, 0.717) is 31.9 Å². The van der Waals surface area contributed by atoms with Crippen LogP contribution in [-0.2, 0) is 22.4 Å². The number of methoxy groups -OCH3 is 1. The number of ether oxygens (including phenoxy) is 2. The molecule has 4 heterocycles. The standard InChI is InChI=1S/C37H34N4O4S2/c1-6-45-36(43)31-21(3)39-37-41(33(31)32-25-12-8-7-11-23(25)15-16-28(32)44-5)34(42)30(47-37)18-24-17-20(2)40(22(24)4)35-27(19-38)26-13-9-10-14-29(26)46-35/h7-8,11-12,15-18,33H,6,9-10,13-14H2,1-5H3/b30-18+/t33-/m1/s1. The van der Waals surface area contributed by atoms with E-state index >= 15 is 0 Å². The minimum absolute atomic E-state index is 0.190. The van der Waals surface area contributed by atoms with Crippen LogP contribution in [0.4, 0.5) is 0 Å². The molecule has 0 spiro atoms. The summed E-state index contributed by atoms with van der Waals surface area (Å²) in [6.07, 6.45) is 6.12. The Morgan fingerprint density at radius 3 is 2.68 bits per heavy atom. The van der Waals surface area contributed by atoms with E-state index in [1.807, 2.05) is 56.3 Å². The van der Waals surface area contributed by atoms with Crippen molar-refractivity contribution >= 4 is 45.5 Å². The van der Waals surface area contributed by atoms with Crippen molar-refractivity contribution in [3.8, 4) is 16.8 Å². The van der Waals surface area contributed by atoms with E-state index in [-0.39, 0.29) is 12.2 Å². The molecule has 7 rings (SSSR count). The van der Waals surface area contributed by atoms with Crippen molar-refractivity contribution in [1.29, 1.82) is 5.26 Å². The van der Waals surface area contributed by atoms with Crippen LogP contribution in [0.15, 0.2) is 63.5 Å². The lowest BCUT2D eigenvalue weighted by molar-refractivity contribution is -0.139. The number of benzene rings is 2. The van der Waals surface area contributed by atoms with Gasteiger partial charge < -0.3 is 14.0 Å². The highest BCUT2D eigenvalue weighted by Gasteiger charge is 2.36. The Bertz CT molecular complexity index is 2360. The minimum Gasteiger partial charge on any atom is -0.496 e. The van der Waals surface area contributed by atoms with E-state index in [4.69, 9.17) is 14.5 Å². The van der Waals surface area contributed by atoms with Crippen LogP contribution in [0.3, 0.4) is 0 Å². The number of rotatable bonds is 6. The molecule has 0 unspecified atom stereocenters. The molecule has 0 bridgehead atoms. The number of hydrogen-bond donors (Lipinski definition) is 0. The van der Waals surface area contributed by atoms with Crippen LogP contribution in [-0.4, -0.2) is 28.8 Å². The largest absolute Gasteiger partial charge is 0.496 e. The molecule has 1 aliphatic heterocycles. The molecule has 0 N–H and O–H groups in total. The summed E-state index contributed by atoms with van der Waals surface area (Å²) in [5, 5.41) is 12.9. The topological polar surface area (TPSA) is 98.6 Å². The number of carbonyl (C=O) groups excluding carboxylic acids is 1. The lowest BCUT2D eigenvalue weighted by atomic mass is 9.90. The van der Waals surface area contributed by atoms with Gasteiger partial charge in [-0.15, -0.1) is 11.3 Å². The first-order valence-electron chi connectivity index (χ1n) is 15.8. The monoisotopic (exact) mass is 662 g/mol. The van der Waals surface area contributed by atoms with E-state index in [1.165, 1.54) is 21.8 Å². The van der Waals surface area contributed by atoms with E-state index < -0.39 is 12.0 Å². The van der Waals surface area contributed by atoms with Crippen LogP contribution >= 0.6 is 22.7 Å². The molecule has 0 radical (unpaired) electrons. The third-order valence-electron chi connectivity index (χ3n) is 9.17. The van der Waals surface area contributed by atoms with Gasteiger partial charge in [0.2, 0.25) is 0 Å². The molecule has 2 aromatic carbocycles. The second-order valence-corrected chi connectivity index (χ2v) is 14.0. The lowest BCUT2D eigenvalue weighted by Crippen LogP contribution is -2.40. The normalized spacial score (nSPS) is 16.1. The molecule has 1 aliphatic carbocycles. The van der Waals surface area contributed by atoms with Gasteiger partial charge in [0.05, 0.1) is 35.1 Å². The molecule has 5 aromatic rings. The van der Waals surface area contributed by atoms with Gasteiger partial charge in [-0.3, -0.25) is 9.36 Å².